The zero-order valence-corrected chi connectivity index (χ0v) is 10.2. The Kier molecular flexibility index (Phi) is 3.71. The zero-order chi connectivity index (χ0) is 12.3. The molecule has 1 heterocycles. The van der Waals surface area contributed by atoms with E-state index in [2.05, 4.69) is 5.32 Å². The molecule has 0 saturated carbocycles. The van der Waals surface area contributed by atoms with Gasteiger partial charge >= 0.3 is 0 Å². The van der Waals surface area contributed by atoms with E-state index >= 15 is 0 Å². The van der Waals surface area contributed by atoms with Crippen molar-refractivity contribution in [1.82, 2.24) is 5.32 Å². The number of primary amides is 1. The van der Waals surface area contributed by atoms with Gasteiger partial charge in [-0.2, -0.15) is 0 Å². The lowest BCUT2D eigenvalue weighted by atomic mass is 9.91. The molecule has 1 saturated heterocycles. The summed E-state index contributed by atoms with van der Waals surface area (Å²) in [4.78, 5) is 10.8. The van der Waals surface area contributed by atoms with Gasteiger partial charge in [0.1, 0.15) is 0 Å². The van der Waals surface area contributed by atoms with Crippen molar-refractivity contribution in [3.8, 4) is 0 Å². The third-order valence-electron chi connectivity index (χ3n) is 3.06. The highest BCUT2D eigenvalue weighted by Crippen LogP contribution is 2.40. The molecule has 1 fully saturated rings. The minimum atomic E-state index is -0.879. The Morgan fingerprint density at radius 1 is 1.53 bits per heavy atom. The third kappa shape index (κ3) is 2.18. The molecular weight excluding hydrogens is 236 g/mol. The molecule has 0 spiro atoms. The summed E-state index contributed by atoms with van der Waals surface area (Å²) in [5, 5.41) is 12.7. The second kappa shape index (κ2) is 5.08. The van der Waals surface area contributed by atoms with Crippen LogP contribution in [0.1, 0.15) is 11.5 Å². The summed E-state index contributed by atoms with van der Waals surface area (Å²) < 4.78 is 0. The number of carbonyl (C=O) groups excluding carboxylic acids is 1. The van der Waals surface area contributed by atoms with Gasteiger partial charge in [0.15, 0.2) is 4.87 Å². The van der Waals surface area contributed by atoms with E-state index in [9.17, 15) is 9.90 Å². The smallest absolute Gasteiger partial charge is 0.248 e. The fourth-order valence-electron chi connectivity index (χ4n) is 2.21. The Labute approximate surface area is 105 Å². The van der Waals surface area contributed by atoms with E-state index in [0.717, 1.165) is 17.9 Å². The normalized spacial score (nSPS) is 25.7. The zero-order valence-electron chi connectivity index (χ0n) is 9.43. The highest BCUT2D eigenvalue weighted by Gasteiger charge is 2.47. The number of hydrogen-bond donors (Lipinski definition) is 3. The monoisotopic (exact) mass is 252 g/mol. The average Bonchev–Trinajstić information content (AvgIpc) is 2.82. The molecule has 4 nitrogen and oxygen atoms in total. The maximum atomic E-state index is 11.7. The number of thioether (sulfide) groups is 1. The number of benzene rings is 1. The molecule has 1 aliphatic heterocycles. The molecule has 4 N–H and O–H groups in total. The standard InChI is InChI=1S/C12H16N2O2S/c13-11(16)12(14-6-7-17-12)10(8-15)9-4-2-1-3-5-9/h1-5,10,14-15H,6-8H2,(H2,13,16)/t10-,12?/m1/s1. The van der Waals surface area contributed by atoms with Crippen LogP contribution in [0.25, 0.3) is 0 Å². The van der Waals surface area contributed by atoms with Crippen LogP contribution in [0.3, 0.4) is 0 Å². The van der Waals surface area contributed by atoms with Crippen LogP contribution in [-0.4, -0.2) is 34.8 Å². The van der Waals surface area contributed by atoms with E-state index in [0.29, 0.717) is 0 Å². The van der Waals surface area contributed by atoms with Crippen molar-refractivity contribution >= 4 is 17.7 Å². The number of amides is 1. The molecule has 1 amide bonds. The Hall–Kier alpha value is -1.04. The summed E-state index contributed by atoms with van der Waals surface area (Å²) in [6.45, 7) is 0.629. The molecule has 5 heteroatoms. The second-order valence-electron chi connectivity index (χ2n) is 4.02. The van der Waals surface area contributed by atoms with Crippen LogP contribution in [0.5, 0.6) is 0 Å². The van der Waals surface area contributed by atoms with Crippen molar-refractivity contribution in [2.24, 2.45) is 5.73 Å². The van der Waals surface area contributed by atoms with Crippen molar-refractivity contribution < 1.29 is 9.90 Å². The molecule has 1 aromatic rings. The summed E-state index contributed by atoms with van der Waals surface area (Å²) >= 11 is 1.48. The van der Waals surface area contributed by atoms with Crippen molar-refractivity contribution in [1.29, 1.82) is 0 Å². The number of nitrogens with two attached hydrogens (primary N) is 1. The lowest BCUT2D eigenvalue weighted by Gasteiger charge is -2.33. The number of carbonyl (C=O) groups is 1. The van der Waals surface area contributed by atoms with Crippen molar-refractivity contribution in [2.45, 2.75) is 10.8 Å². The summed E-state index contributed by atoms with van der Waals surface area (Å²) in [5.41, 5.74) is 6.44. The first kappa shape index (κ1) is 12.4. The maximum absolute atomic E-state index is 11.7. The molecular formula is C12H16N2O2S. The van der Waals surface area contributed by atoms with E-state index in [-0.39, 0.29) is 12.5 Å². The molecule has 0 radical (unpaired) electrons. The molecule has 0 aromatic heterocycles. The summed E-state index contributed by atoms with van der Waals surface area (Å²) in [6, 6.07) is 9.51. The van der Waals surface area contributed by atoms with Gasteiger partial charge in [-0.05, 0) is 5.56 Å². The SMILES string of the molecule is NC(=O)C1([C@H](CO)c2ccccc2)NCCS1. The highest BCUT2D eigenvalue weighted by atomic mass is 32.2. The Morgan fingerprint density at radius 3 is 2.71 bits per heavy atom. The van der Waals surface area contributed by atoms with Gasteiger partial charge in [0.25, 0.3) is 0 Å². The first-order chi connectivity index (χ1) is 8.20. The molecule has 2 rings (SSSR count). The number of aliphatic hydroxyl groups is 1. The van der Waals surface area contributed by atoms with E-state index in [4.69, 9.17) is 5.73 Å². The van der Waals surface area contributed by atoms with Gasteiger partial charge in [0, 0.05) is 18.2 Å². The molecule has 0 bridgehead atoms. The predicted octanol–water partition coefficient (Wildman–Crippen LogP) is 0.280. The maximum Gasteiger partial charge on any atom is 0.248 e. The fourth-order valence-corrected chi connectivity index (χ4v) is 3.49. The van der Waals surface area contributed by atoms with E-state index in [1.54, 1.807) is 0 Å². The molecule has 1 aromatic carbocycles. The molecule has 1 unspecified atom stereocenters. The number of nitrogens with one attached hydrogen (secondary N) is 1. The Balaban J connectivity index is 2.37. The van der Waals surface area contributed by atoms with Gasteiger partial charge in [-0.25, -0.2) is 0 Å². The summed E-state index contributed by atoms with van der Waals surface area (Å²) in [6.07, 6.45) is 0. The fraction of sp³-hybridized carbons (Fsp3) is 0.417. The van der Waals surface area contributed by atoms with Gasteiger partial charge in [0.05, 0.1) is 6.61 Å². The first-order valence-electron chi connectivity index (χ1n) is 5.55. The van der Waals surface area contributed by atoms with Crippen LogP contribution in [0.15, 0.2) is 30.3 Å². The van der Waals surface area contributed by atoms with Gasteiger partial charge in [-0.1, -0.05) is 30.3 Å². The van der Waals surface area contributed by atoms with E-state index in [1.165, 1.54) is 11.8 Å². The van der Waals surface area contributed by atoms with Gasteiger partial charge in [-0.15, -0.1) is 11.8 Å². The van der Waals surface area contributed by atoms with E-state index < -0.39 is 10.8 Å². The van der Waals surface area contributed by atoms with Crippen LogP contribution in [0, 0.1) is 0 Å². The second-order valence-corrected chi connectivity index (χ2v) is 5.36. The highest BCUT2D eigenvalue weighted by molar-refractivity contribution is 8.01. The topological polar surface area (TPSA) is 75.4 Å². The van der Waals surface area contributed by atoms with Crippen LogP contribution in [0.2, 0.25) is 0 Å². The molecule has 1 aliphatic rings. The summed E-state index contributed by atoms with van der Waals surface area (Å²) in [5.74, 6) is 0.100. The Morgan fingerprint density at radius 2 is 2.24 bits per heavy atom. The Bertz CT molecular complexity index is 391. The van der Waals surface area contributed by atoms with Crippen LogP contribution >= 0.6 is 11.8 Å². The molecule has 17 heavy (non-hydrogen) atoms. The lowest BCUT2D eigenvalue weighted by Crippen LogP contribution is -2.54. The van der Waals surface area contributed by atoms with Gasteiger partial charge < -0.3 is 10.8 Å². The average molecular weight is 252 g/mol. The van der Waals surface area contributed by atoms with E-state index in [1.807, 2.05) is 30.3 Å². The lowest BCUT2D eigenvalue weighted by molar-refractivity contribution is -0.121. The molecule has 2 atom stereocenters. The van der Waals surface area contributed by atoms with Crippen molar-refractivity contribution in [3.05, 3.63) is 35.9 Å². The van der Waals surface area contributed by atoms with Crippen LogP contribution in [0.4, 0.5) is 0 Å². The van der Waals surface area contributed by atoms with Crippen LogP contribution < -0.4 is 11.1 Å². The third-order valence-corrected chi connectivity index (χ3v) is 4.55. The largest absolute Gasteiger partial charge is 0.396 e. The van der Waals surface area contributed by atoms with Gasteiger partial charge in [0.2, 0.25) is 5.91 Å². The van der Waals surface area contributed by atoms with Gasteiger partial charge in [-0.3, -0.25) is 10.1 Å². The van der Waals surface area contributed by atoms with Crippen molar-refractivity contribution in [3.63, 3.8) is 0 Å². The minimum absolute atomic E-state index is 0.104. The predicted molar refractivity (Wildman–Crippen MR) is 68.7 cm³/mol. The van der Waals surface area contributed by atoms with Crippen molar-refractivity contribution in [2.75, 3.05) is 18.9 Å². The first-order valence-corrected chi connectivity index (χ1v) is 6.54. The molecule has 0 aliphatic carbocycles. The number of rotatable bonds is 4. The quantitative estimate of drug-likeness (QED) is 0.719. The number of aliphatic hydroxyl groups excluding tert-OH is 1. The summed E-state index contributed by atoms with van der Waals surface area (Å²) in [7, 11) is 0. The minimum Gasteiger partial charge on any atom is -0.396 e. The number of hydrogen-bond acceptors (Lipinski definition) is 4. The molecule has 92 valence electrons. The van der Waals surface area contributed by atoms with Crippen LogP contribution in [-0.2, 0) is 4.79 Å².